The Bertz CT molecular complexity index is 509. The average molecular weight is 300 g/mol. The molecule has 0 radical (unpaired) electrons. The van der Waals surface area contributed by atoms with Crippen LogP contribution in [0.5, 0.6) is 0 Å². The first-order valence-corrected chi connectivity index (χ1v) is 9.27. The van der Waals surface area contributed by atoms with Crippen molar-refractivity contribution in [2.24, 2.45) is 0 Å². The molecule has 1 aromatic heterocycles. The van der Waals surface area contributed by atoms with Crippen LogP contribution < -0.4 is 0 Å². The van der Waals surface area contributed by atoms with Crippen molar-refractivity contribution in [3.63, 3.8) is 0 Å². The number of rotatable bonds is 3. The number of nitrogens with zero attached hydrogens (tertiary/aromatic N) is 2. The first kappa shape index (κ1) is 13.5. The van der Waals surface area contributed by atoms with Crippen molar-refractivity contribution in [3.05, 3.63) is 17.5 Å². The summed E-state index contributed by atoms with van der Waals surface area (Å²) in [5, 5.41) is 1.82. The Balaban J connectivity index is 1.69. The zero-order chi connectivity index (χ0) is 13.3. The molecule has 0 spiro atoms. The van der Waals surface area contributed by atoms with Crippen LogP contribution in [-0.4, -0.2) is 49.8 Å². The number of hydrogen-bond donors (Lipinski definition) is 0. The van der Waals surface area contributed by atoms with E-state index in [1.807, 2.05) is 5.38 Å². The summed E-state index contributed by atoms with van der Waals surface area (Å²) in [6.07, 6.45) is 4.86. The Labute approximate surface area is 119 Å². The molecule has 106 valence electrons. The zero-order valence-corrected chi connectivity index (χ0v) is 12.6. The van der Waals surface area contributed by atoms with E-state index in [0.717, 1.165) is 19.5 Å². The minimum atomic E-state index is -3.25. The Morgan fingerprint density at radius 2 is 1.95 bits per heavy atom. The Morgan fingerprint density at radius 1 is 1.11 bits per heavy atom. The van der Waals surface area contributed by atoms with E-state index in [2.05, 4.69) is 4.90 Å². The summed E-state index contributed by atoms with van der Waals surface area (Å²) in [6, 6.07) is 4.22. The molecule has 0 bridgehead atoms. The van der Waals surface area contributed by atoms with E-state index in [-0.39, 0.29) is 0 Å². The zero-order valence-electron chi connectivity index (χ0n) is 11.0. The van der Waals surface area contributed by atoms with Gasteiger partial charge < -0.3 is 0 Å². The molecule has 2 aliphatic rings. The van der Waals surface area contributed by atoms with E-state index >= 15 is 0 Å². The molecule has 0 N–H and O–H groups in total. The molecule has 3 rings (SSSR count). The van der Waals surface area contributed by atoms with Gasteiger partial charge in [0.2, 0.25) is 0 Å². The Kier molecular flexibility index (Phi) is 3.93. The fourth-order valence-corrected chi connectivity index (χ4v) is 5.42. The molecule has 2 fully saturated rings. The second kappa shape index (κ2) is 5.52. The first-order valence-electron chi connectivity index (χ1n) is 6.95. The highest BCUT2D eigenvalue weighted by molar-refractivity contribution is 7.91. The number of hydrogen-bond acceptors (Lipinski definition) is 4. The lowest BCUT2D eigenvalue weighted by Gasteiger charge is -2.36. The normalized spacial score (nSPS) is 24.0. The predicted molar refractivity (Wildman–Crippen MR) is 76.9 cm³/mol. The fraction of sp³-hybridized carbons (Fsp3) is 0.692. The molecule has 6 heteroatoms. The minimum Gasteiger partial charge on any atom is -0.299 e. The summed E-state index contributed by atoms with van der Waals surface area (Å²) in [5.41, 5.74) is 0. The van der Waals surface area contributed by atoms with Crippen LogP contribution in [0.25, 0.3) is 0 Å². The van der Waals surface area contributed by atoms with Crippen LogP contribution in [0.15, 0.2) is 21.7 Å². The minimum absolute atomic E-state index is 0.476. The summed E-state index contributed by atoms with van der Waals surface area (Å²) in [5.74, 6) is 0. The van der Waals surface area contributed by atoms with Crippen molar-refractivity contribution < 1.29 is 8.42 Å². The van der Waals surface area contributed by atoms with Crippen molar-refractivity contribution >= 4 is 21.4 Å². The van der Waals surface area contributed by atoms with Crippen LogP contribution in [0.4, 0.5) is 0 Å². The van der Waals surface area contributed by atoms with Crippen LogP contribution in [0.2, 0.25) is 0 Å². The monoisotopic (exact) mass is 300 g/mol. The summed E-state index contributed by atoms with van der Waals surface area (Å²) < 4.78 is 27.1. The van der Waals surface area contributed by atoms with Crippen LogP contribution >= 0.6 is 11.3 Å². The molecule has 19 heavy (non-hydrogen) atoms. The second-order valence-electron chi connectivity index (χ2n) is 5.31. The third-order valence-electron chi connectivity index (χ3n) is 4.17. The van der Waals surface area contributed by atoms with E-state index < -0.39 is 10.0 Å². The van der Waals surface area contributed by atoms with E-state index in [1.54, 1.807) is 16.4 Å². The third kappa shape index (κ3) is 2.72. The van der Waals surface area contributed by atoms with Crippen molar-refractivity contribution in [3.8, 4) is 0 Å². The first-order chi connectivity index (χ1) is 9.18. The molecule has 1 aliphatic heterocycles. The SMILES string of the molecule is O=S(=O)(c1cccs1)N1CCCN(C2CCC2)CC1. The highest BCUT2D eigenvalue weighted by Crippen LogP contribution is 2.27. The highest BCUT2D eigenvalue weighted by Gasteiger charge is 2.31. The summed E-state index contributed by atoms with van der Waals surface area (Å²) in [6.45, 7) is 3.22. The van der Waals surface area contributed by atoms with Crippen LogP contribution in [-0.2, 0) is 10.0 Å². The van der Waals surface area contributed by atoms with Gasteiger partial charge in [0.15, 0.2) is 0 Å². The summed E-state index contributed by atoms with van der Waals surface area (Å²) in [4.78, 5) is 2.48. The average Bonchev–Trinajstić information content (AvgIpc) is 2.75. The molecular formula is C13H20N2O2S2. The standard InChI is InChI=1S/C13H20N2O2S2/c16-19(17,13-6-2-11-18-13)15-8-3-7-14(9-10-15)12-4-1-5-12/h2,6,11-12H,1,3-5,7-10H2. The second-order valence-corrected chi connectivity index (χ2v) is 8.42. The molecule has 1 saturated carbocycles. The van der Waals surface area contributed by atoms with E-state index in [0.29, 0.717) is 23.3 Å². The largest absolute Gasteiger partial charge is 0.299 e. The molecule has 0 atom stereocenters. The van der Waals surface area contributed by atoms with Gasteiger partial charge >= 0.3 is 0 Å². The summed E-state index contributed by atoms with van der Waals surface area (Å²) >= 11 is 1.31. The van der Waals surface area contributed by atoms with Crippen LogP contribution in [0.1, 0.15) is 25.7 Å². The van der Waals surface area contributed by atoms with Gasteiger partial charge in [-0.25, -0.2) is 8.42 Å². The Morgan fingerprint density at radius 3 is 2.58 bits per heavy atom. The van der Waals surface area contributed by atoms with Crippen molar-refractivity contribution in [2.45, 2.75) is 35.9 Å². The van der Waals surface area contributed by atoms with E-state index in [1.165, 1.54) is 30.6 Å². The van der Waals surface area contributed by atoms with Crippen LogP contribution in [0.3, 0.4) is 0 Å². The molecule has 1 aromatic rings. The van der Waals surface area contributed by atoms with Gasteiger partial charge in [-0.15, -0.1) is 11.3 Å². The lowest BCUT2D eigenvalue weighted by molar-refractivity contribution is 0.134. The van der Waals surface area contributed by atoms with Gasteiger partial charge in [0.05, 0.1) is 0 Å². The molecule has 0 unspecified atom stereocenters. The lowest BCUT2D eigenvalue weighted by Crippen LogP contribution is -2.42. The van der Waals surface area contributed by atoms with E-state index in [4.69, 9.17) is 0 Å². The van der Waals surface area contributed by atoms with Crippen molar-refractivity contribution in [1.29, 1.82) is 0 Å². The van der Waals surface area contributed by atoms with Crippen LogP contribution in [0, 0.1) is 0 Å². The molecule has 1 aliphatic carbocycles. The number of sulfonamides is 1. The molecular weight excluding hydrogens is 280 g/mol. The smallest absolute Gasteiger partial charge is 0.252 e. The van der Waals surface area contributed by atoms with Gasteiger partial charge in [-0.2, -0.15) is 4.31 Å². The maximum atomic E-state index is 12.5. The van der Waals surface area contributed by atoms with Gasteiger partial charge in [0, 0.05) is 25.7 Å². The molecule has 4 nitrogen and oxygen atoms in total. The topological polar surface area (TPSA) is 40.6 Å². The molecule has 0 aromatic carbocycles. The van der Waals surface area contributed by atoms with Gasteiger partial charge in [0.25, 0.3) is 10.0 Å². The molecule has 1 saturated heterocycles. The quantitative estimate of drug-likeness (QED) is 0.857. The van der Waals surface area contributed by atoms with Gasteiger partial charge in [-0.1, -0.05) is 12.5 Å². The van der Waals surface area contributed by atoms with Crippen molar-refractivity contribution in [1.82, 2.24) is 9.21 Å². The van der Waals surface area contributed by atoms with Gasteiger partial charge in [0.1, 0.15) is 4.21 Å². The maximum absolute atomic E-state index is 12.5. The van der Waals surface area contributed by atoms with Gasteiger partial charge in [-0.3, -0.25) is 4.90 Å². The highest BCUT2D eigenvalue weighted by atomic mass is 32.2. The van der Waals surface area contributed by atoms with Gasteiger partial charge in [-0.05, 0) is 37.3 Å². The summed E-state index contributed by atoms with van der Waals surface area (Å²) in [7, 11) is -3.25. The maximum Gasteiger partial charge on any atom is 0.252 e. The predicted octanol–water partition coefficient (Wildman–Crippen LogP) is 2.00. The van der Waals surface area contributed by atoms with Crippen molar-refractivity contribution in [2.75, 3.05) is 26.2 Å². The molecule has 2 heterocycles. The fourth-order valence-electron chi connectivity index (χ4n) is 2.81. The lowest BCUT2D eigenvalue weighted by atomic mass is 9.91. The van der Waals surface area contributed by atoms with E-state index in [9.17, 15) is 8.42 Å². The third-order valence-corrected chi connectivity index (χ3v) is 7.44. The number of thiophene rings is 1. The molecule has 0 amide bonds. The Hall–Kier alpha value is -0.430.